The van der Waals surface area contributed by atoms with Crippen LogP contribution < -0.4 is 23.7 Å². The summed E-state index contributed by atoms with van der Waals surface area (Å²) in [7, 11) is 1.11. The van der Waals surface area contributed by atoms with Gasteiger partial charge in [-0.1, -0.05) is 127 Å². The van der Waals surface area contributed by atoms with E-state index in [1.807, 2.05) is 140 Å². The van der Waals surface area contributed by atoms with Gasteiger partial charge in [-0.3, -0.25) is 14.4 Å². The van der Waals surface area contributed by atoms with Gasteiger partial charge in [-0.25, -0.2) is 4.79 Å². The number of methoxy groups -OCH3 is 1. The molecule has 0 aliphatic carbocycles. The third-order valence-electron chi connectivity index (χ3n) is 11.5. The van der Waals surface area contributed by atoms with Crippen molar-refractivity contribution in [2.45, 2.75) is 96.5 Å². The normalized spacial score (nSPS) is 20.2. The zero-order valence-electron chi connectivity index (χ0n) is 39.6. The molecule has 1 fully saturated rings. The summed E-state index contributed by atoms with van der Waals surface area (Å²) in [5.74, 6) is -1.63. The summed E-state index contributed by atoms with van der Waals surface area (Å²) >= 11 is 0. The minimum Gasteiger partial charge on any atom is -0.489 e. The summed E-state index contributed by atoms with van der Waals surface area (Å²) in [4.78, 5) is 51.2. The van der Waals surface area contributed by atoms with Crippen molar-refractivity contribution in [1.29, 1.82) is 0 Å². The standard InChI is InChI=1S/C56H54O15/c1-35(57)66-51-52(67-36(2)58)54(68-37(3)59)56(71-53(51)55(60)61-4)70-47-29-43(62-31-38-17-9-5-10-18-38)28-46-44(47)30-49(65-34-41-23-15-8-16-24-41)50(69-46)42-25-26-45(63-32-39-19-11-6-12-20-39)48(27-42)64-33-40-21-13-7-14-22-40/h5-29,49-54,56H,30-34H2,1-4H3/t49-,50+,51+,52+,53+,54-,56-/m1/s1. The van der Waals surface area contributed by atoms with Gasteiger partial charge in [-0.05, 0) is 39.9 Å². The molecule has 71 heavy (non-hydrogen) atoms. The Hall–Kier alpha value is -7.88. The van der Waals surface area contributed by atoms with Gasteiger partial charge in [0.25, 0.3) is 0 Å². The first kappa shape index (κ1) is 49.5. The molecule has 6 aromatic rings. The molecule has 0 N–H and O–H groups in total. The van der Waals surface area contributed by atoms with Crippen molar-refractivity contribution in [2.75, 3.05) is 7.11 Å². The molecule has 0 spiro atoms. The Morgan fingerprint density at radius 3 is 1.59 bits per heavy atom. The van der Waals surface area contributed by atoms with E-state index in [1.165, 1.54) is 0 Å². The van der Waals surface area contributed by atoms with Gasteiger partial charge in [0.1, 0.15) is 43.2 Å². The Kier molecular flexibility index (Phi) is 16.5. The van der Waals surface area contributed by atoms with E-state index >= 15 is 0 Å². The number of hydrogen-bond acceptors (Lipinski definition) is 15. The van der Waals surface area contributed by atoms with Crippen molar-refractivity contribution >= 4 is 23.9 Å². The number of rotatable bonds is 19. The SMILES string of the molecule is COC(=O)[C@H]1O[C@@H](Oc2cc(OCc3ccccc3)cc3c2C[C@@H](OCc2ccccc2)[C@H](c2ccc(OCc4ccccc4)c(OCc4ccccc4)c2)O3)[C@H](OC(C)=O)[C@@H](OC(C)=O)[C@@H]1OC(C)=O. The fourth-order valence-corrected chi connectivity index (χ4v) is 8.26. The highest BCUT2D eigenvalue weighted by atomic mass is 16.7. The summed E-state index contributed by atoms with van der Waals surface area (Å²) in [5.41, 5.74) is 4.97. The molecule has 0 bridgehead atoms. The average Bonchev–Trinajstić information content (AvgIpc) is 3.38. The molecular formula is C56H54O15. The topological polar surface area (TPSA) is 170 Å². The number of ether oxygens (including phenoxy) is 11. The first-order chi connectivity index (χ1) is 34.5. The highest BCUT2D eigenvalue weighted by Crippen LogP contribution is 2.46. The molecule has 6 aromatic carbocycles. The maximum absolute atomic E-state index is 13.4. The van der Waals surface area contributed by atoms with Crippen LogP contribution in [0.15, 0.2) is 152 Å². The van der Waals surface area contributed by atoms with Crippen LogP contribution in [0.2, 0.25) is 0 Å². The number of esters is 4. The third-order valence-corrected chi connectivity index (χ3v) is 11.5. The lowest BCUT2D eigenvalue weighted by Gasteiger charge is -2.43. The van der Waals surface area contributed by atoms with E-state index in [-0.39, 0.29) is 32.0 Å². The van der Waals surface area contributed by atoms with E-state index in [9.17, 15) is 19.2 Å². The van der Waals surface area contributed by atoms with Crippen molar-refractivity contribution in [1.82, 2.24) is 0 Å². The van der Waals surface area contributed by atoms with Crippen molar-refractivity contribution in [2.24, 2.45) is 0 Å². The zero-order chi connectivity index (χ0) is 49.7. The summed E-state index contributed by atoms with van der Waals surface area (Å²) in [6.07, 6.45) is -9.36. The molecule has 2 heterocycles. The smallest absolute Gasteiger partial charge is 0.339 e. The van der Waals surface area contributed by atoms with E-state index in [2.05, 4.69) is 0 Å². The van der Waals surface area contributed by atoms with Gasteiger partial charge in [-0.15, -0.1) is 0 Å². The molecule has 0 unspecified atom stereocenters. The number of hydrogen-bond donors (Lipinski definition) is 0. The van der Waals surface area contributed by atoms with Crippen molar-refractivity contribution in [3.63, 3.8) is 0 Å². The number of carbonyl (C=O) groups excluding carboxylic acids is 4. The first-order valence-electron chi connectivity index (χ1n) is 23.1. The molecule has 15 heteroatoms. The predicted molar refractivity (Wildman–Crippen MR) is 255 cm³/mol. The second-order valence-electron chi connectivity index (χ2n) is 16.8. The molecule has 368 valence electrons. The predicted octanol–water partition coefficient (Wildman–Crippen LogP) is 8.76. The molecule has 2 aliphatic rings. The minimum atomic E-state index is -1.70. The molecule has 0 saturated carbocycles. The highest BCUT2D eigenvalue weighted by molar-refractivity contribution is 5.77. The van der Waals surface area contributed by atoms with Crippen LogP contribution in [0.1, 0.15) is 60.3 Å². The van der Waals surface area contributed by atoms with E-state index in [1.54, 1.807) is 12.1 Å². The third kappa shape index (κ3) is 13.1. The number of benzene rings is 6. The molecule has 0 amide bonds. The zero-order valence-corrected chi connectivity index (χ0v) is 39.6. The molecule has 0 radical (unpaired) electrons. The maximum Gasteiger partial charge on any atom is 0.339 e. The maximum atomic E-state index is 13.4. The van der Waals surface area contributed by atoms with Crippen LogP contribution in [-0.2, 0) is 80.4 Å². The molecule has 1 saturated heterocycles. The molecule has 0 aromatic heterocycles. The van der Waals surface area contributed by atoms with Gasteiger partial charge in [-0.2, -0.15) is 0 Å². The van der Waals surface area contributed by atoms with Gasteiger partial charge >= 0.3 is 23.9 Å². The molecule has 2 aliphatic heterocycles. The van der Waals surface area contributed by atoms with E-state index in [4.69, 9.17) is 52.1 Å². The Labute approximate surface area is 411 Å². The molecule has 15 nitrogen and oxygen atoms in total. The van der Waals surface area contributed by atoms with Crippen LogP contribution in [-0.4, -0.2) is 67.8 Å². The van der Waals surface area contributed by atoms with Crippen LogP contribution in [0.3, 0.4) is 0 Å². The number of carbonyl (C=O) groups is 4. The van der Waals surface area contributed by atoms with Gasteiger partial charge < -0.3 is 52.1 Å². The fraction of sp³-hybridized carbons (Fsp3) is 0.286. The quantitative estimate of drug-likeness (QED) is 0.0557. The van der Waals surface area contributed by atoms with Crippen LogP contribution in [0, 0.1) is 0 Å². The van der Waals surface area contributed by atoms with Crippen LogP contribution >= 0.6 is 0 Å². The van der Waals surface area contributed by atoms with Crippen LogP contribution in [0.4, 0.5) is 0 Å². The van der Waals surface area contributed by atoms with Crippen molar-refractivity contribution in [3.05, 3.63) is 185 Å². The summed E-state index contributed by atoms with van der Waals surface area (Å²) in [6.45, 7) is 4.31. The second-order valence-corrected chi connectivity index (χ2v) is 16.8. The monoisotopic (exact) mass is 966 g/mol. The fourth-order valence-electron chi connectivity index (χ4n) is 8.26. The Balaban J connectivity index is 1.21. The minimum absolute atomic E-state index is 0.132. The molecule has 8 rings (SSSR count). The Bertz CT molecular complexity index is 2730. The van der Waals surface area contributed by atoms with Gasteiger partial charge in [0.05, 0.1) is 13.7 Å². The molecule has 7 atom stereocenters. The van der Waals surface area contributed by atoms with Gasteiger partial charge in [0.15, 0.2) is 35.9 Å². The average molecular weight is 967 g/mol. The van der Waals surface area contributed by atoms with Crippen LogP contribution in [0.25, 0.3) is 0 Å². The Morgan fingerprint density at radius 2 is 1.04 bits per heavy atom. The number of fused-ring (bicyclic) bond motifs is 1. The first-order valence-corrected chi connectivity index (χ1v) is 23.1. The van der Waals surface area contributed by atoms with E-state index in [0.29, 0.717) is 40.7 Å². The van der Waals surface area contributed by atoms with Crippen molar-refractivity contribution < 1.29 is 71.3 Å². The lowest BCUT2D eigenvalue weighted by molar-refractivity contribution is -0.282. The lowest BCUT2D eigenvalue weighted by atomic mass is 9.93. The lowest BCUT2D eigenvalue weighted by Crippen LogP contribution is -2.64. The van der Waals surface area contributed by atoms with E-state index < -0.39 is 66.8 Å². The van der Waals surface area contributed by atoms with Gasteiger partial charge in [0, 0.05) is 44.9 Å². The highest BCUT2D eigenvalue weighted by Gasteiger charge is 2.56. The summed E-state index contributed by atoms with van der Waals surface area (Å²) in [5, 5.41) is 0. The largest absolute Gasteiger partial charge is 0.489 e. The Morgan fingerprint density at radius 1 is 0.535 bits per heavy atom. The second kappa shape index (κ2) is 23.6. The molecular weight excluding hydrogens is 913 g/mol. The van der Waals surface area contributed by atoms with Crippen LogP contribution in [0.5, 0.6) is 28.7 Å². The van der Waals surface area contributed by atoms with Gasteiger partial charge in [0.2, 0.25) is 12.4 Å². The van der Waals surface area contributed by atoms with Crippen molar-refractivity contribution in [3.8, 4) is 28.7 Å². The summed E-state index contributed by atoms with van der Waals surface area (Å²) < 4.78 is 67.8. The van der Waals surface area contributed by atoms with E-state index in [0.717, 1.165) is 50.1 Å². The summed E-state index contributed by atoms with van der Waals surface area (Å²) in [6, 6.07) is 47.9.